The van der Waals surface area contributed by atoms with E-state index < -0.39 is 5.91 Å². The number of primary amides is 1. The number of benzene rings is 2. The fourth-order valence-electron chi connectivity index (χ4n) is 3.57. The second-order valence-corrected chi connectivity index (χ2v) is 7.98. The van der Waals surface area contributed by atoms with Gasteiger partial charge in [0.2, 0.25) is 5.91 Å². The highest BCUT2D eigenvalue weighted by molar-refractivity contribution is 6.30. The number of halogens is 2. The lowest BCUT2D eigenvalue weighted by Gasteiger charge is -2.39. The first-order valence-electron chi connectivity index (χ1n) is 10.0. The van der Waals surface area contributed by atoms with Crippen molar-refractivity contribution in [3.8, 4) is 5.75 Å². The van der Waals surface area contributed by atoms with E-state index in [1.165, 1.54) is 12.1 Å². The number of hydrogen-bond donors (Lipinski definition) is 2. The normalized spacial score (nSPS) is 16.7. The molecule has 166 valence electrons. The molecule has 0 spiro atoms. The van der Waals surface area contributed by atoms with E-state index in [1.807, 2.05) is 6.92 Å². The van der Waals surface area contributed by atoms with Crippen molar-refractivity contribution >= 4 is 29.1 Å². The first-order chi connectivity index (χ1) is 14.8. The summed E-state index contributed by atoms with van der Waals surface area (Å²) in [7, 11) is 0. The van der Waals surface area contributed by atoms with Crippen LogP contribution in [0.5, 0.6) is 5.75 Å². The SMILES string of the molecule is C[C@@H]1CN(Cc2ccc(F)cc2)CCN1C(=O)COc1ccc(Cl)cc1NCC(N)=O. The number of nitrogens with one attached hydrogen (secondary N) is 1. The minimum absolute atomic E-state index is 0.0166. The molecule has 1 heterocycles. The third kappa shape index (κ3) is 6.57. The maximum Gasteiger partial charge on any atom is 0.260 e. The summed E-state index contributed by atoms with van der Waals surface area (Å²) in [6, 6.07) is 11.4. The molecule has 3 rings (SSSR count). The van der Waals surface area contributed by atoms with Crippen LogP contribution in [0.25, 0.3) is 0 Å². The number of anilines is 1. The van der Waals surface area contributed by atoms with E-state index in [1.54, 1.807) is 35.2 Å². The van der Waals surface area contributed by atoms with Crippen LogP contribution in [0.15, 0.2) is 42.5 Å². The number of ether oxygens (including phenoxy) is 1. The van der Waals surface area contributed by atoms with Crippen molar-refractivity contribution in [1.82, 2.24) is 9.80 Å². The number of piperazine rings is 1. The number of rotatable bonds is 8. The summed E-state index contributed by atoms with van der Waals surface area (Å²) >= 11 is 6.00. The maximum absolute atomic E-state index is 13.1. The fourth-order valence-corrected chi connectivity index (χ4v) is 3.74. The van der Waals surface area contributed by atoms with Gasteiger partial charge in [0, 0.05) is 37.2 Å². The summed E-state index contributed by atoms with van der Waals surface area (Å²) in [4.78, 5) is 27.8. The van der Waals surface area contributed by atoms with Gasteiger partial charge in [-0.25, -0.2) is 4.39 Å². The lowest BCUT2D eigenvalue weighted by atomic mass is 10.1. The van der Waals surface area contributed by atoms with Gasteiger partial charge in [-0.2, -0.15) is 0 Å². The number of nitrogens with zero attached hydrogens (tertiary/aromatic N) is 2. The summed E-state index contributed by atoms with van der Waals surface area (Å²) in [5, 5.41) is 3.33. The molecule has 9 heteroatoms. The molecule has 0 aliphatic carbocycles. The first kappa shape index (κ1) is 22.8. The topological polar surface area (TPSA) is 87.9 Å². The Morgan fingerprint density at radius 3 is 2.65 bits per heavy atom. The average molecular weight is 449 g/mol. The Labute approximate surface area is 185 Å². The molecule has 2 amide bonds. The van der Waals surface area contributed by atoms with E-state index in [-0.39, 0.29) is 30.9 Å². The van der Waals surface area contributed by atoms with Gasteiger partial charge < -0.3 is 20.7 Å². The zero-order valence-electron chi connectivity index (χ0n) is 17.3. The van der Waals surface area contributed by atoms with Crippen molar-refractivity contribution in [3.05, 3.63) is 58.9 Å². The number of carbonyl (C=O) groups is 2. The Morgan fingerprint density at radius 2 is 1.97 bits per heavy atom. The van der Waals surface area contributed by atoms with Crippen LogP contribution in [-0.2, 0) is 16.1 Å². The number of amides is 2. The van der Waals surface area contributed by atoms with Crippen LogP contribution in [0.4, 0.5) is 10.1 Å². The van der Waals surface area contributed by atoms with Crippen LogP contribution in [0.1, 0.15) is 12.5 Å². The average Bonchev–Trinajstić information content (AvgIpc) is 2.73. The molecule has 1 atom stereocenters. The van der Waals surface area contributed by atoms with Gasteiger partial charge in [-0.05, 0) is 42.8 Å². The highest BCUT2D eigenvalue weighted by Crippen LogP contribution is 2.28. The van der Waals surface area contributed by atoms with Gasteiger partial charge in [0.05, 0.1) is 12.2 Å². The summed E-state index contributed by atoms with van der Waals surface area (Å²) in [5.41, 5.74) is 6.71. The van der Waals surface area contributed by atoms with Gasteiger partial charge in [0.15, 0.2) is 6.61 Å². The molecule has 0 saturated carbocycles. The molecule has 31 heavy (non-hydrogen) atoms. The summed E-state index contributed by atoms with van der Waals surface area (Å²) in [5.74, 6) is -0.470. The first-order valence-corrected chi connectivity index (χ1v) is 10.4. The van der Waals surface area contributed by atoms with E-state index in [0.29, 0.717) is 29.5 Å². The van der Waals surface area contributed by atoms with Gasteiger partial charge in [-0.15, -0.1) is 0 Å². The molecular formula is C22H26ClFN4O3. The van der Waals surface area contributed by atoms with Crippen molar-refractivity contribution in [2.75, 3.05) is 38.1 Å². The van der Waals surface area contributed by atoms with Crippen LogP contribution in [-0.4, -0.2) is 60.4 Å². The molecule has 0 aromatic heterocycles. The second-order valence-electron chi connectivity index (χ2n) is 7.55. The van der Waals surface area contributed by atoms with Crippen molar-refractivity contribution in [1.29, 1.82) is 0 Å². The quantitative estimate of drug-likeness (QED) is 0.647. The lowest BCUT2D eigenvalue weighted by Crippen LogP contribution is -2.54. The predicted molar refractivity (Wildman–Crippen MR) is 117 cm³/mol. The Morgan fingerprint density at radius 1 is 1.23 bits per heavy atom. The molecular weight excluding hydrogens is 423 g/mol. The predicted octanol–water partition coefficient (Wildman–Crippen LogP) is 2.49. The van der Waals surface area contributed by atoms with Crippen LogP contribution in [0.2, 0.25) is 5.02 Å². The molecule has 0 radical (unpaired) electrons. The third-order valence-corrected chi connectivity index (χ3v) is 5.33. The minimum Gasteiger partial charge on any atom is -0.482 e. The Hall–Kier alpha value is -2.84. The van der Waals surface area contributed by atoms with Crippen LogP contribution in [0.3, 0.4) is 0 Å². The molecule has 2 aromatic carbocycles. The highest BCUT2D eigenvalue weighted by Gasteiger charge is 2.27. The molecule has 1 saturated heterocycles. The molecule has 1 aliphatic rings. The van der Waals surface area contributed by atoms with Crippen molar-refractivity contribution < 1.29 is 18.7 Å². The Balaban J connectivity index is 1.53. The molecule has 0 unspecified atom stereocenters. The van der Waals surface area contributed by atoms with Crippen LogP contribution < -0.4 is 15.8 Å². The Kier molecular flexibility index (Phi) is 7.70. The highest BCUT2D eigenvalue weighted by atomic mass is 35.5. The standard InChI is InChI=1S/C22H26ClFN4O3/c1-15-12-27(13-16-2-5-18(24)6-3-16)8-9-28(15)22(30)14-31-20-7-4-17(23)10-19(20)26-11-21(25)29/h2-7,10,15,26H,8-9,11-14H2,1H3,(H2,25,29)/t15-/m1/s1. The van der Waals surface area contributed by atoms with Crippen molar-refractivity contribution in [3.63, 3.8) is 0 Å². The molecule has 2 aromatic rings. The molecule has 3 N–H and O–H groups in total. The van der Waals surface area contributed by atoms with E-state index in [4.69, 9.17) is 22.1 Å². The summed E-state index contributed by atoms with van der Waals surface area (Å²) in [6.07, 6.45) is 0. The maximum atomic E-state index is 13.1. The monoisotopic (exact) mass is 448 g/mol. The van der Waals surface area contributed by atoms with Gasteiger partial charge in [0.25, 0.3) is 5.91 Å². The summed E-state index contributed by atoms with van der Waals surface area (Å²) in [6.45, 7) is 4.53. The minimum atomic E-state index is -0.519. The fraction of sp³-hybridized carbons (Fsp3) is 0.364. The zero-order valence-corrected chi connectivity index (χ0v) is 18.1. The lowest BCUT2D eigenvalue weighted by molar-refractivity contribution is -0.138. The van der Waals surface area contributed by atoms with E-state index >= 15 is 0 Å². The van der Waals surface area contributed by atoms with Gasteiger partial charge in [0.1, 0.15) is 11.6 Å². The van der Waals surface area contributed by atoms with Crippen LogP contribution in [0, 0.1) is 5.82 Å². The molecule has 7 nitrogen and oxygen atoms in total. The number of carbonyl (C=O) groups excluding carboxylic acids is 2. The number of nitrogens with two attached hydrogens (primary N) is 1. The second kappa shape index (κ2) is 10.5. The van der Waals surface area contributed by atoms with Gasteiger partial charge in [-0.1, -0.05) is 23.7 Å². The van der Waals surface area contributed by atoms with E-state index in [0.717, 1.165) is 18.7 Å². The zero-order chi connectivity index (χ0) is 22.4. The molecule has 1 fully saturated rings. The van der Waals surface area contributed by atoms with E-state index in [2.05, 4.69) is 10.2 Å². The molecule has 1 aliphatic heterocycles. The molecule has 0 bridgehead atoms. The largest absolute Gasteiger partial charge is 0.482 e. The van der Waals surface area contributed by atoms with Crippen molar-refractivity contribution in [2.45, 2.75) is 19.5 Å². The van der Waals surface area contributed by atoms with Crippen LogP contribution >= 0.6 is 11.6 Å². The Bertz CT molecular complexity index is 925. The summed E-state index contributed by atoms with van der Waals surface area (Å²) < 4.78 is 18.8. The third-order valence-electron chi connectivity index (χ3n) is 5.10. The number of hydrogen-bond acceptors (Lipinski definition) is 5. The van der Waals surface area contributed by atoms with Crippen molar-refractivity contribution in [2.24, 2.45) is 5.73 Å². The smallest absolute Gasteiger partial charge is 0.260 e. The van der Waals surface area contributed by atoms with E-state index in [9.17, 15) is 14.0 Å². The van der Waals surface area contributed by atoms with Gasteiger partial charge >= 0.3 is 0 Å². The van der Waals surface area contributed by atoms with Gasteiger partial charge in [-0.3, -0.25) is 14.5 Å².